The van der Waals surface area contributed by atoms with Crippen molar-refractivity contribution in [2.75, 3.05) is 4.90 Å². The minimum atomic E-state index is -4.42. The SMILES string of the molecule is O=C1Cc2ccccc2N1c1cccc(C(F)(F)F)c1. The highest BCUT2D eigenvalue weighted by molar-refractivity contribution is 6.07. The number of alkyl halides is 3. The second-order valence-electron chi connectivity index (χ2n) is 4.58. The van der Waals surface area contributed by atoms with E-state index in [1.807, 2.05) is 6.07 Å². The molecule has 102 valence electrons. The van der Waals surface area contributed by atoms with Gasteiger partial charge < -0.3 is 0 Å². The lowest BCUT2D eigenvalue weighted by Crippen LogP contribution is -2.21. The molecule has 5 heteroatoms. The summed E-state index contributed by atoms with van der Waals surface area (Å²) in [5, 5.41) is 0. The molecule has 1 aliphatic heterocycles. The standard InChI is InChI=1S/C15H10F3NO/c16-15(17,18)11-5-3-6-12(9-11)19-13-7-2-1-4-10(13)8-14(19)20/h1-7,9H,8H2. The Morgan fingerprint density at radius 2 is 1.75 bits per heavy atom. The first-order valence-corrected chi connectivity index (χ1v) is 6.05. The minimum Gasteiger partial charge on any atom is -0.280 e. The first kappa shape index (κ1) is 12.7. The summed E-state index contributed by atoms with van der Waals surface area (Å²) in [4.78, 5) is 13.4. The molecular weight excluding hydrogens is 267 g/mol. The van der Waals surface area contributed by atoms with Gasteiger partial charge in [0.2, 0.25) is 5.91 Å². The van der Waals surface area contributed by atoms with Gasteiger partial charge in [0, 0.05) is 5.69 Å². The summed E-state index contributed by atoms with van der Waals surface area (Å²) in [6, 6.07) is 11.9. The molecule has 0 fully saturated rings. The number of benzene rings is 2. The molecule has 0 bridgehead atoms. The smallest absolute Gasteiger partial charge is 0.280 e. The van der Waals surface area contributed by atoms with Crippen molar-refractivity contribution < 1.29 is 18.0 Å². The first-order chi connectivity index (χ1) is 9.47. The molecule has 0 saturated carbocycles. The molecule has 3 rings (SSSR count). The van der Waals surface area contributed by atoms with Crippen LogP contribution < -0.4 is 4.90 Å². The molecule has 0 aliphatic carbocycles. The molecule has 0 aromatic heterocycles. The van der Waals surface area contributed by atoms with Crippen LogP contribution in [0.3, 0.4) is 0 Å². The molecular formula is C15H10F3NO. The molecule has 0 spiro atoms. The zero-order valence-corrected chi connectivity index (χ0v) is 10.3. The van der Waals surface area contributed by atoms with Crippen molar-refractivity contribution in [3.63, 3.8) is 0 Å². The number of fused-ring (bicyclic) bond motifs is 1. The van der Waals surface area contributed by atoms with Crippen LogP contribution in [0.25, 0.3) is 0 Å². The maximum Gasteiger partial charge on any atom is 0.416 e. The highest BCUT2D eigenvalue weighted by Crippen LogP contribution is 2.38. The average Bonchev–Trinajstić information content (AvgIpc) is 2.73. The van der Waals surface area contributed by atoms with Gasteiger partial charge in [-0.05, 0) is 29.8 Å². The Morgan fingerprint density at radius 1 is 1.00 bits per heavy atom. The number of rotatable bonds is 1. The van der Waals surface area contributed by atoms with E-state index in [0.717, 1.165) is 17.7 Å². The Hall–Kier alpha value is -2.30. The quantitative estimate of drug-likeness (QED) is 0.773. The third-order valence-electron chi connectivity index (χ3n) is 3.26. The molecule has 0 radical (unpaired) electrons. The van der Waals surface area contributed by atoms with Gasteiger partial charge in [0.05, 0.1) is 17.7 Å². The van der Waals surface area contributed by atoms with Gasteiger partial charge in [-0.25, -0.2) is 0 Å². The fourth-order valence-corrected chi connectivity index (χ4v) is 2.36. The second kappa shape index (κ2) is 4.37. The lowest BCUT2D eigenvalue weighted by Gasteiger charge is -2.19. The van der Waals surface area contributed by atoms with Gasteiger partial charge in [0.15, 0.2) is 0 Å². The van der Waals surface area contributed by atoms with Crippen molar-refractivity contribution in [3.05, 3.63) is 59.7 Å². The van der Waals surface area contributed by atoms with Crippen LogP contribution in [-0.4, -0.2) is 5.91 Å². The molecule has 1 amide bonds. The number of carbonyl (C=O) groups is 1. The van der Waals surface area contributed by atoms with Crippen molar-refractivity contribution in [1.82, 2.24) is 0 Å². The largest absolute Gasteiger partial charge is 0.416 e. The third kappa shape index (κ3) is 2.05. The number of nitrogens with zero attached hydrogens (tertiary/aromatic N) is 1. The van der Waals surface area contributed by atoms with Crippen LogP contribution in [0.5, 0.6) is 0 Å². The molecule has 0 saturated heterocycles. The molecule has 1 aliphatic rings. The van der Waals surface area contributed by atoms with Gasteiger partial charge in [0.25, 0.3) is 0 Å². The highest BCUT2D eigenvalue weighted by atomic mass is 19.4. The van der Waals surface area contributed by atoms with E-state index in [9.17, 15) is 18.0 Å². The molecule has 2 aromatic carbocycles. The summed E-state index contributed by atoms with van der Waals surface area (Å²) in [6.45, 7) is 0. The Labute approximate surface area is 113 Å². The van der Waals surface area contributed by atoms with Crippen molar-refractivity contribution in [2.24, 2.45) is 0 Å². The van der Waals surface area contributed by atoms with Crippen LogP contribution in [-0.2, 0) is 17.4 Å². The molecule has 0 N–H and O–H groups in total. The second-order valence-corrected chi connectivity index (χ2v) is 4.58. The summed E-state index contributed by atoms with van der Waals surface area (Å²) in [5.41, 5.74) is 0.966. The average molecular weight is 277 g/mol. The van der Waals surface area contributed by atoms with Gasteiger partial charge in [-0.3, -0.25) is 9.69 Å². The van der Waals surface area contributed by atoms with Crippen LogP contribution in [0.4, 0.5) is 24.5 Å². The van der Waals surface area contributed by atoms with Crippen molar-refractivity contribution >= 4 is 17.3 Å². The van der Waals surface area contributed by atoms with Crippen molar-refractivity contribution in [3.8, 4) is 0 Å². The number of anilines is 2. The fourth-order valence-electron chi connectivity index (χ4n) is 2.36. The molecule has 2 aromatic rings. The monoisotopic (exact) mass is 277 g/mol. The summed E-state index contributed by atoms with van der Waals surface area (Å²) in [6.07, 6.45) is -4.20. The predicted octanol–water partition coefficient (Wildman–Crippen LogP) is 3.93. The highest BCUT2D eigenvalue weighted by Gasteiger charge is 2.33. The number of carbonyl (C=O) groups excluding carboxylic acids is 1. The van der Waals surface area contributed by atoms with Gasteiger partial charge in [-0.2, -0.15) is 13.2 Å². The van der Waals surface area contributed by atoms with Crippen LogP contribution in [0.2, 0.25) is 0 Å². The van der Waals surface area contributed by atoms with Crippen LogP contribution in [0.1, 0.15) is 11.1 Å². The van der Waals surface area contributed by atoms with E-state index in [4.69, 9.17) is 0 Å². The number of hydrogen-bond donors (Lipinski definition) is 0. The van der Waals surface area contributed by atoms with Crippen LogP contribution >= 0.6 is 0 Å². The number of amides is 1. The predicted molar refractivity (Wildman–Crippen MR) is 68.7 cm³/mol. The number of halogens is 3. The lowest BCUT2D eigenvalue weighted by atomic mass is 10.1. The van der Waals surface area contributed by atoms with E-state index in [2.05, 4.69) is 0 Å². The summed E-state index contributed by atoms with van der Waals surface area (Å²) < 4.78 is 38.2. The molecule has 1 heterocycles. The zero-order chi connectivity index (χ0) is 14.3. The Bertz CT molecular complexity index is 679. The lowest BCUT2D eigenvalue weighted by molar-refractivity contribution is -0.137. The normalized spacial score (nSPS) is 14.6. The summed E-state index contributed by atoms with van der Waals surface area (Å²) >= 11 is 0. The summed E-state index contributed by atoms with van der Waals surface area (Å²) in [5.74, 6) is -0.217. The number of para-hydroxylation sites is 1. The molecule has 0 unspecified atom stereocenters. The van der Waals surface area contributed by atoms with E-state index >= 15 is 0 Å². The van der Waals surface area contributed by atoms with Gasteiger partial charge in [-0.1, -0.05) is 24.3 Å². The Morgan fingerprint density at radius 3 is 2.50 bits per heavy atom. The van der Waals surface area contributed by atoms with Gasteiger partial charge in [0.1, 0.15) is 0 Å². The van der Waals surface area contributed by atoms with E-state index < -0.39 is 11.7 Å². The van der Waals surface area contributed by atoms with E-state index in [1.165, 1.54) is 17.0 Å². The fraction of sp³-hybridized carbons (Fsp3) is 0.133. The zero-order valence-electron chi connectivity index (χ0n) is 10.3. The van der Waals surface area contributed by atoms with Crippen molar-refractivity contribution in [1.29, 1.82) is 0 Å². The van der Waals surface area contributed by atoms with Gasteiger partial charge in [-0.15, -0.1) is 0 Å². The minimum absolute atomic E-state index is 0.215. The maximum atomic E-state index is 12.7. The topological polar surface area (TPSA) is 20.3 Å². The third-order valence-corrected chi connectivity index (χ3v) is 3.26. The Kier molecular flexibility index (Phi) is 2.78. The van der Waals surface area contributed by atoms with Crippen molar-refractivity contribution in [2.45, 2.75) is 12.6 Å². The van der Waals surface area contributed by atoms with E-state index in [1.54, 1.807) is 18.2 Å². The van der Waals surface area contributed by atoms with Crippen LogP contribution in [0.15, 0.2) is 48.5 Å². The van der Waals surface area contributed by atoms with Gasteiger partial charge >= 0.3 is 6.18 Å². The van der Waals surface area contributed by atoms with Crippen LogP contribution in [0, 0.1) is 0 Å². The van der Waals surface area contributed by atoms with E-state index in [-0.39, 0.29) is 18.0 Å². The van der Waals surface area contributed by atoms with E-state index in [0.29, 0.717) is 5.69 Å². The summed E-state index contributed by atoms with van der Waals surface area (Å²) in [7, 11) is 0. The number of hydrogen-bond acceptors (Lipinski definition) is 1. The molecule has 0 atom stereocenters. The first-order valence-electron chi connectivity index (χ1n) is 6.05. The Balaban J connectivity index is 2.08. The molecule has 2 nitrogen and oxygen atoms in total. The maximum absolute atomic E-state index is 12.7. The molecule has 20 heavy (non-hydrogen) atoms.